The fourth-order valence-corrected chi connectivity index (χ4v) is 3.66. The van der Waals surface area contributed by atoms with Crippen LogP contribution in [0, 0.1) is 0 Å². The molecule has 1 aromatic heterocycles. The second-order valence-corrected chi connectivity index (χ2v) is 6.98. The first kappa shape index (κ1) is 17.0. The third kappa shape index (κ3) is 3.98. The van der Waals surface area contributed by atoms with E-state index in [9.17, 15) is 4.79 Å². The second kappa shape index (κ2) is 7.83. The third-order valence-corrected chi connectivity index (χ3v) is 5.23. The number of hydrogen-bond acceptors (Lipinski definition) is 4. The van der Waals surface area contributed by atoms with Crippen LogP contribution in [0.25, 0.3) is 0 Å². The zero-order valence-electron chi connectivity index (χ0n) is 14.3. The zero-order valence-corrected chi connectivity index (χ0v) is 15.1. The van der Waals surface area contributed by atoms with E-state index in [4.69, 9.17) is 0 Å². The Bertz CT molecular complexity index is 682. The molecule has 24 heavy (non-hydrogen) atoms. The van der Waals surface area contributed by atoms with Crippen molar-refractivity contribution in [2.45, 2.75) is 50.9 Å². The average molecular weight is 344 g/mol. The van der Waals surface area contributed by atoms with Crippen LogP contribution in [0.15, 0.2) is 35.5 Å². The SMILES string of the molecule is CCN(Cc1ccccc1)C(=O)CSc1nnc(C2CC2)n1CC. The molecule has 1 heterocycles. The Kier molecular flexibility index (Phi) is 5.56. The van der Waals surface area contributed by atoms with Crippen LogP contribution in [0.3, 0.4) is 0 Å². The third-order valence-electron chi connectivity index (χ3n) is 4.28. The fourth-order valence-electron chi connectivity index (χ4n) is 2.75. The summed E-state index contributed by atoms with van der Waals surface area (Å²) in [6, 6.07) is 10.1. The summed E-state index contributed by atoms with van der Waals surface area (Å²) >= 11 is 1.50. The van der Waals surface area contributed by atoms with E-state index in [0.29, 0.717) is 24.8 Å². The molecule has 128 valence electrons. The van der Waals surface area contributed by atoms with E-state index in [1.54, 1.807) is 0 Å². The van der Waals surface area contributed by atoms with Crippen molar-refractivity contribution in [2.24, 2.45) is 0 Å². The van der Waals surface area contributed by atoms with Gasteiger partial charge in [0, 0.05) is 25.6 Å². The first-order chi connectivity index (χ1) is 11.7. The van der Waals surface area contributed by atoms with Crippen molar-refractivity contribution in [3.63, 3.8) is 0 Å². The van der Waals surface area contributed by atoms with E-state index in [-0.39, 0.29) is 5.91 Å². The molecular weight excluding hydrogens is 320 g/mol. The monoisotopic (exact) mass is 344 g/mol. The van der Waals surface area contributed by atoms with E-state index in [1.165, 1.54) is 24.6 Å². The number of carbonyl (C=O) groups is 1. The van der Waals surface area contributed by atoms with Gasteiger partial charge in [0.2, 0.25) is 5.91 Å². The van der Waals surface area contributed by atoms with Gasteiger partial charge in [0.15, 0.2) is 5.16 Å². The molecule has 1 fully saturated rings. The van der Waals surface area contributed by atoms with Crippen LogP contribution in [-0.4, -0.2) is 37.9 Å². The number of rotatable bonds is 8. The Morgan fingerprint density at radius 3 is 2.62 bits per heavy atom. The van der Waals surface area contributed by atoms with Crippen LogP contribution in [0.1, 0.15) is 44.0 Å². The minimum atomic E-state index is 0.143. The summed E-state index contributed by atoms with van der Waals surface area (Å²) in [5.74, 6) is 2.21. The van der Waals surface area contributed by atoms with E-state index < -0.39 is 0 Å². The molecule has 5 nitrogen and oxygen atoms in total. The van der Waals surface area contributed by atoms with Crippen molar-refractivity contribution in [2.75, 3.05) is 12.3 Å². The van der Waals surface area contributed by atoms with Crippen LogP contribution < -0.4 is 0 Å². The predicted octanol–water partition coefficient (Wildman–Crippen LogP) is 3.32. The summed E-state index contributed by atoms with van der Waals surface area (Å²) in [6.07, 6.45) is 2.42. The highest BCUT2D eigenvalue weighted by molar-refractivity contribution is 7.99. The number of aromatic nitrogens is 3. The average Bonchev–Trinajstić information content (AvgIpc) is 3.38. The molecule has 0 atom stereocenters. The number of carbonyl (C=O) groups excluding carboxylic acids is 1. The van der Waals surface area contributed by atoms with Crippen molar-refractivity contribution >= 4 is 17.7 Å². The molecule has 1 saturated carbocycles. The van der Waals surface area contributed by atoms with Gasteiger partial charge in [-0.3, -0.25) is 4.79 Å². The lowest BCUT2D eigenvalue weighted by atomic mass is 10.2. The molecule has 0 spiro atoms. The largest absolute Gasteiger partial charge is 0.338 e. The van der Waals surface area contributed by atoms with Gasteiger partial charge in [0.1, 0.15) is 5.82 Å². The Morgan fingerprint density at radius 2 is 2.00 bits per heavy atom. The molecular formula is C18H24N4OS. The zero-order chi connectivity index (χ0) is 16.9. The summed E-state index contributed by atoms with van der Waals surface area (Å²) in [5.41, 5.74) is 1.16. The normalized spacial score (nSPS) is 13.9. The minimum absolute atomic E-state index is 0.143. The van der Waals surface area contributed by atoms with Crippen molar-refractivity contribution in [3.8, 4) is 0 Å². The standard InChI is InChI=1S/C18H24N4OS/c1-3-21(12-14-8-6-5-7-9-14)16(23)13-24-18-20-19-17(15-10-11-15)22(18)4-2/h5-9,15H,3-4,10-13H2,1-2H3. The smallest absolute Gasteiger partial charge is 0.233 e. The molecule has 1 amide bonds. The maximum Gasteiger partial charge on any atom is 0.233 e. The van der Waals surface area contributed by atoms with Crippen LogP contribution in [-0.2, 0) is 17.9 Å². The summed E-state index contributed by atoms with van der Waals surface area (Å²) in [7, 11) is 0. The van der Waals surface area contributed by atoms with Gasteiger partial charge in [-0.2, -0.15) is 0 Å². The summed E-state index contributed by atoms with van der Waals surface area (Å²) < 4.78 is 2.16. The lowest BCUT2D eigenvalue weighted by Crippen LogP contribution is -2.31. The predicted molar refractivity (Wildman–Crippen MR) is 95.9 cm³/mol. The first-order valence-electron chi connectivity index (χ1n) is 8.60. The van der Waals surface area contributed by atoms with Crippen LogP contribution >= 0.6 is 11.8 Å². The number of nitrogens with zero attached hydrogens (tertiary/aromatic N) is 4. The molecule has 3 rings (SSSR count). The second-order valence-electron chi connectivity index (χ2n) is 6.04. The van der Waals surface area contributed by atoms with Crippen molar-refractivity contribution in [1.29, 1.82) is 0 Å². The Morgan fingerprint density at radius 1 is 1.25 bits per heavy atom. The Hall–Kier alpha value is -1.82. The van der Waals surface area contributed by atoms with Gasteiger partial charge in [-0.15, -0.1) is 10.2 Å². The van der Waals surface area contributed by atoms with Gasteiger partial charge in [0.05, 0.1) is 5.75 Å². The van der Waals surface area contributed by atoms with Gasteiger partial charge in [-0.1, -0.05) is 42.1 Å². The van der Waals surface area contributed by atoms with Crippen molar-refractivity contribution in [3.05, 3.63) is 41.7 Å². The topological polar surface area (TPSA) is 51.0 Å². The van der Waals surface area contributed by atoms with Gasteiger partial charge in [0.25, 0.3) is 0 Å². The number of hydrogen-bond donors (Lipinski definition) is 0. The fraction of sp³-hybridized carbons (Fsp3) is 0.500. The molecule has 0 N–H and O–H groups in total. The summed E-state index contributed by atoms with van der Waals surface area (Å²) in [5, 5.41) is 9.49. The van der Waals surface area contributed by atoms with E-state index in [2.05, 4.69) is 33.8 Å². The molecule has 0 unspecified atom stereocenters. The molecule has 2 aromatic rings. The molecule has 0 radical (unpaired) electrons. The molecule has 6 heteroatoms. The highest BCUT2D eigenvalue weighted by Crippen LogP contribution is 2.39. The number of thioether (sulfide) groups is 1. The van der Waals surface area contributed by atoms with E-state index >= 15 is 0 Å². The molecule has 1 aromatic carbocycles. The number of amides is 1. The van der Waals surface area contributed by atoms with Crippen molar-refractivity contribution in [1.82, 2.24) is 19.7 Å². The minimum Gasteiger partial charge on any atom is -0.338 e. The number of benzene rings is 1. The highest BCUT2D eigenvalue weighted by atomic mass is 32.2. The highest BCUT2D eigenvalue weighted by Gasteiger charge is 2.30. The van der Waals surface area contributed by atoms with Gasteiger partial charge in [-0.05, 0) is 32.3 Å². The van der Waals surface area contributed by atoms with Gasteiger partial charge >= 0.3 is 0 Å². The van der Waals surface area contributed by atoms with Gasteiger partial charge < -0.3 is 9.47 Å². The molecule has 1 aliphatic carbocycles. The lowest BCUT2D eigenvalue weighted by molar-refractivity contribution is -0.128. The first-order valence-corrected chi connectivity index (χ1v) is 9.59. The Labute approximate surface area is 147 Å². The maximum absolute atomic E-state index is 12.6. The maximum atomic E-state index is 12.6. The Balaban J connectivity index is 1.59. The van der Waals surface area contributed by atoms with Gasteiger partial charge in [-0.25, -0.2) is 0 Å². The molecule has 0 saturated heterocycles. The van der Waals surface area contributed by atoms with Crippen LogP contribution in [0.4, 0.5) is 0 Å². The van der Waals surface area contributed by atoms with Crippen LogP contribution in [0.5, 0.6) is 0 Å². The van der Waals surface area contributed by atoms with Crippen LogP contribution in [0.2, 0.25) is 0 Å². The van der Waals surface area contributed by atoms with Crippen molar-refractivity contribution < 1.29 is 4.79 Å². The quantitative estimate of drug-likeness (QED) is 0.689. The summed E-state index contributed by atoms with van der Waals surface area (Å²) in [6.45, 7) is 6.35. The van der Waals surface area contributed by atoms with E-state index in [1.807, 2.05) is 30.0 Å². The van der Waals surface area contributed by atoms with E-state index in [0.717, 1.165) is 23.1 Å². The summed E-state index contributed by atoms with van der Waals surface area (Å²) in [4.78, 5) is 14.4. The lowest BCUT2D eigenvalue weighted by Gasteiger charge is -2.20. The molecule has 0 bridgehead atoms. The molecule has 1 aliphatic rings. The molecule has 0 aliphatic heterocycles.